The van der Waals surface area contributed by atoms with Gasteiger partial charge in [-0.2, -0.15) is 0 Å². The molecule has 1 saturated heterocycles. The third-order valence-electron chi connectivity index (χ3n) is 5.33. The summed E-state index contributed by atoms with van der Waals surface area (Å²) in [6.45, 7) is 18.5. The van der Waals surface area contributed by atoms with Crippen molar-refractivity contribution in [1.82, 2.24) is 4.90 Å². The number of nitrogens with zero attached hydrogens (tertiary/aromatic N) is 1. The lowest BCUT2D eigenvalue weighted by Gasteiger charge is -2.48. The van der Waals surface area contributed by atoms with E-state index in [0.29, 0.717) is 6.54 Å². The van der Waals surface area contributed by atoms with Crippen molar-refractivity contribution >= 4 is 0 Å². The number of hydrogen-bond acceptors (Lipinski definition) is 3. The summed E-state index contributed by atoms with van der Waals surface area (Å²) in [5.74, 6) is 0.748. The Balaban J connectivity index is 3.07. The van der Waals surface area contributed by atoms with Gasteiger partial charge in [-0.3, -0.25) is 4.90 Å². The molecule has 1 atom stereocenters. The van der Waals surface area contributed by atoms with E-state index in [4.69, 9.17) is 10.5 Å². The summed E-state index contributed by atoms with van der Waals surface area (Å²) in [5, 5.41) is 0. The lowest BCUT2D eigenvalue weighted by molar-refractivity contribution is -0.105. The first-order valence-corrected chi connectivity index (χ1v) is 8.33. The predicted octanol–water partition coefficient (Wildman–Crippen LogP) is 3.42. The lowest BCUT2D eigenvalue weighted by atomic mass is 9.76. The molecule has 1 rings (SSSR count). The second-order valence-corrected chi connectivity index (χ2v) is 7.51. The second-order valence-electron chi connectivity index (χ2n) is 7.51. The zero-order valence-corrected chi connectivity index (χ0v) is 14.8. The van der Waals surface area contributed by atoms with Crippen LogP contribution in [0, 0.1) is 5.92 Å². The maximum absolute atomic E-state index is 6.35. The molecule has 1 heterocycles. The SMILES string of the molecule is CCC(CC)CN(CC)C1(CN)CC(C)(C)OC1(C)C. The third-order valence-corrected chi connectivity index (χ3v) is 5.33. The molecule has 0 aromatic rings. The van der Waals surface area contributed by atoms with Gasteiger partial charge in [0.05, 0.1) is 16.7 Å². The van der Waals surface area contributed by atoms with Crippen molar-refractivity contribution < 1.29 is 4.74 Å². The Morgan fingerprint density at radius 1 is 1.10 bits per heavy atom. The van der Waals surface area contributed by atoms with Crippen LogP contribution in [0.1, 0.15) is 67.7 Å². The average molecular weight is 284 g/mol. The zero-order valence-electron chi connectivity index (χ0n) is 14.8. The summed E-state index contributed by atoms with van der Waals surface area (Å²) >= 11 is 0. The normalized spacial score (nSPS) is 28.5. The van der Waals surface area contributed by atoms with Gasteiger partial charge in [-0.1, -0.05) is 33.6 Å². The smallest absolute Gasteiger partial charge is 0.0830 e. The lowest BCUT2D eigenvalue weighted by Crippen LogP contribution is -2.64. The van der Waals surface area contributed by atoms with Crippen LogP contribution in [0.2, 0.25) is 0 Å². The van der Waals surface area contributed by atoms with E-state index in [2.05, 4.69) is 53.4 Å². The molecule has 1 aliphatic heterocycles. The van der Waals surface area contributed by atoms with Crippen molar-refractivity contribution in [3.63, 3.8) is 0 Å². The molecule has 0 spiro atoms. The monoisotopic (exact) mass is 284 g/mol. The van der Waals surface area contributed by atoms with Crippen LogP contribution in [-0.4, -0.2) is 41.3 Å². The van der Waals surface area contributed by atoms with Crippen LogP contribution in [-0.2, 0) is 4.74 Å². The predicted molar refractivity (Wildman–Crippen MR) is 87.0 cm³/mol. The Labute approximate surface area is 126 Å². The average Bonchev–Trinajstić information content (AvgIpc) is 2.56. The van der Waals surface area contributed by atoms with Crippen molar-refractivity contribution in [2.75, 3.05) is 19.6 Å². The number of hydrogen-bond donors (Lipinski definition) is 1. The summed E-state index contributed by atoms with van der Waals surface area (Å²) < 4.78 is 6.35. The van der Waals surface area contributed by atoms with E-state index in [1.807, 2.05) is 0 Å². The number of nitrogens with two attached hydrogens (primary N) is 1. The van der Waals surface area contributed by atoms with Crippen LogP contribution >= 0.6 is 0 Å². The minimum Gasteiger partial charge on any atom is -0.368 e. The first-order valence-electron chi connectivity index (χ1n) is 8.33. The molecule has 3 heteroatoms. The fourth-order valence-corrected chi connectivity index (χ4v) is 4.14. The van der Waals surface area contributed by atoms with Crippen molar-refractivity contribution in [1.29, 1.82) is 0 Å². The maximum Gasteiger partial charge on any atom is 0.0830 e. The van der Waals surface area contributed by atoms with Gasteiger partial charge >= 0.3 is 0 Å². The van der Waals surface area contributed by atoms with Gasteiger partial charge in [-0.25, -0.2) is 0 Å². The first-order chi connectivity index (χ1) is 9.18. The van der Waals surface area contributed by atoms with Crippen molar-refractivity contribution in [3.8, 4) is 0 Å². The molecule has 1 fully saturated rings. The van der Waals surface area contributed by atoms with Crippen LogP contribution in [0.5, 0.6) is 0 Å². The highest BCUT2D eigenvalue weighted by molar-refractivity contribution is 5.13. The Morgan fingerprint density at radius 3 is 1.95 bits per heavy atom. The highest BCUT2D eigenvalue weighted by Gasteiger charge is 2.58. The molecule has 2 N–H and O–H groups in total. The maximum atomic E-state index is 6.35. The zero-order chi connectivity index (χ0) is 15.6. The van der Waals surface area contributed by atoms with Gasteiger partial charge in [0.25, 0.3) is 0 Å². The van der Waals surface area contributed by atoms with E-state index in [1.54, 1.807) is 0 Å². The summed E-state index contributed by atoms with van der Waals surface area (Å²) in [5.41, 5.74) is 5.94. The van der Waals surface area contributed by atoms with Gasteiger partial charge in [0.1, 0.15) is 0 Å². The van der Waals surface area contributed by atoms with E-state index in [0.717, 1.165) is 25.4 Å². The molecule has 0 amide bonds. The van der Waals surface area contributed by atoms with E-state index >= 15 is 0 Å². The van der Waals surface area contributed by atoms with Crippen molar-refractivity contribution in [2.45, 2.75) is 84.5 Å². The second kappa shape index (κ2) is 6.33. The minimum absolute atomic E-state index is 0.0478. The van der Waals surface area contributed by atoms with Crippen molar-refractivity contribution in [3.05, 3.63) is 0 Å². The number of ether oxygens (including phenoxy) is 1. The van der Waals surface area contributed by atoms with Gasteiger partial charge in [-0.15, -0.1) is 0 Å². The van der Waals surface area contributed by atoms with E-state index < -0.39 is 0 Å². The van der Waals surface area contributed by atoms with Gasteiger partial charge in [0, 0.05) is 13.1 Å². The van der Waals surface area contributed by atoms with Gasteiger partial charge in [-0.05, 0) is 46.6 Å². The number of likely N-dealkylation sites (N-methyl/N-ethyl adjacent to an activating group) is 1. The molecule has 0 aliphatic carbocycles. The van der Waals surface area contributed by atoms with Crippen LogP contribution in [0.4, 0.5) is 0 Å². The van der Waals surface area contributed by atoms with Gasteiger partial charge in [0.15, 0.2) is 0 Å². The number of rotatable bonds is 7. The molecular formula is C17H36N2O. The summed E-state index contributed by atoms with van der Waals surface area (Å²) in [7, 11) is 0. The standard InChI is InChI=1S/C17H36N2O/c1-8-14(9-2)11-19(10-3)17(13-18)12-15(4,5)20-16(17,6)7/h14H,8-13,18H2,1-7H3. The molecule has 1 aliphatic rings. The molecule has 3 nitrogen and oxygen atoms in total. The van der Waals surface area contributed by atoms with E-state index in [9.17, 15) is 0 Å². The molecule has 0 bridgehead atoms. The van der Waals surface area contributed by atoms with E-state index in [1.165, 1.54) is 12.8 Å². The van der Waals surface area contributed by atoms with Crippen molar-refractivity contribution in [2.24, 2.45) is 11.7 Å². The Hall–Kier alpha value is -0.120. The Bertz CT molecular complexity index is 310. The highest BCUT2D eigenvalue weighted by Crippen LogP contribution is 2.48. The first kappa shape index (κ1) is 17.9. The summed E-state index contributed by atoms with van der Waals surface area (Å²) in [4.78, 5) is 2.60. The molecule has 120 valence electrons. The molecule has 0 saturated carbocycles. The quantitative estimate of drug-likeness (QED) is 0.778. The molecule has 0 radical (unpaired) electrons. The summed E-state index contributed by atoms with van der Waals surface area (Å²) in [6.07, 6.45) is 3.48. The molecular weight excluding hydrogens is 248 g/mol. The third kappa shape index (κ3) is 3.20. The van der Waals surface area contributed by atoms with Crippen LogP contribution in [0.3, 0.4) is 0 Å². The topological polar surface area (TPSA) is 38.5 Å². The summed E-state index contributed by atoms with van der Waals surface area (Å²) in [6, 6.07) is 0. The van der Waals surface area contributed by atoms with Crippen LogP contribution in [0.15, 0.2) is 0 Å². The van der Waals surface area contributed by atoms with E-state index in [-0.39, 0.29) is 16.7 Å². The van der Waals surface area contributed by atoms with Crippen LogP contribution in [0.25, 0.3) is 0 Å². The largest absolute Gasteiger partial charge is 0.368 e. The Kier molecular flexibility index (Phi) is 5.67. The molecule has 0 aromatic heterocycles. The van der Waals surface area contributed by atoms with Crippen LogP contribution < -0.4 is 5.73 Å². The Morgan fingerprint density at radius 2 is 1.65 bits per heavy atom. The fourth-order valence-electron chi connectivity index (χ4n) is 4.14. The van der Waals surface area contributed by atoms with Gasteiger partial charge < -0.3 is 10.5 Å². The molecule has 20 heavy (non-hydrogen) atoms. The minimum atomic E-state index is -0.201. The van der Waals surface area contributed by atoms with Gasteiger partial charge in [0.2, 0.25) is 0 Å². The molecule has 1 unspecified atom stereocenters. The highest BCUT2D eigenvalue weighted by atomic mass is 16.5. The fraction of sp³-hybridized carbons (Fsp3) is 1.00. The molecule has 0 aromatic carbocycles.